The van der Waals surface area contributed by atoms with Gasteiger partial charge in [-0.05, 0) is 49.7 Å². The number of benzene rings is 2. The van der Waals surface area contributed by atoms with E-state index in [1.54, 1.807) is 62.4 Å². The molecular weight excluding hydrogens is 404 g/mol. The zero-order valence-corrected chi connectivity index (χ0v) is 17.7. The van der Waals surface area contributed by atoms with Crippen LogP contribution >= 0.6 is 0 Å². The molecule has 0 fully saturated rings. The molecule has 3 rings (SSSR count). The Morgan fingerprint density at radius 2 is 1.67 bits per heavy atom. The Hall–Kier alpha value is -3.39. The van der Waals surface area contributed by atoms with E-state index >= 15 is 0 Å². The van der Waals surface area contributed by atoms with Crippen LogP contribution in [0.3, 0.4) is 0 Å². The van der Waals surface area contributed by atoms with Gasteiger partial charge in [0.2, 0.25) is 15.7 Å². The van der Waals surface area contributed by atoms with E-state index in [0.29, 0.717) is 22.7 Å². The van der Waals surface area contributed by atoms with E-state index in [2.05, 4.69) is 5.32 Å². The van der Waals surface area contributed by atoms with Crippen molar-refractivity contribution in [2.45, 2.75) is 30.2 Å². The predicted molar refractivity (Wildman–Crippen MR) is 114 cm³/mol. The van der Waals surface area contributed by atoms with Gasteiger partial charge in [0, 0.05) is 5.69 Å². The maximum Gasteiger partial charge on any atom is 0.270 e. The SMILES string of the molecule is COc1ccccc1NC(=O)Cn1c(C)cc(C)c(S(=O)(=O)c2ccccc2)c1=O. The first-order chi connectivity index (χ1) is 14.3. The monoisotopic (exact) mass is 426 g/mol. The second-order valence-corrected chi connectivity index (χ2v) is 8.64. The van der Waals surface area contributed by atoms with Crippen LogP contribution in [0.5, 0.6) is 5.75 Å². The lowest BCUT2D eigenvalue weighted by Gasteiger charge is -2.15. The summed E-state index contributed by atoms with van der Waals surface area (Å²) in [6.45, 7) is 2.90. The van der Waals surface area contributed by atoms with Crippen LogP contribution < -0.4 is 15.6 Å². The van der Waals surface area contributed by atoms with E-state index < -0.39 is 21.3 Å². The molecule has 30 heavy (non-hydrogen) atoms. The molecule has 1 amide bonds. The summed E-state index contributed by atoms with van der Waals surface area (Å²) in [5.41, 5.74) is 0.550. The number of methoxy groups -OCH3 is 1. The quantitative estimate of drug-likeness (QED) is 0.654. The minimum Gasteiger partial charge on any atom is -0.495 e. The van der Waals surface area contributed by atoms with Crippen LogP contribution in [0, 0.1) is 13.8 Å². The van der Waals surface area contributed by atoms with Crippen LogP contribution in [0.25, 0.3) is 0 Å². The van der Waals surface area contributed by atoms with Crippen molar-refractivity contribution in [3.8, 4) is 5.75 Å². The highest BCUT2D eigenvalue weighted by Gasteiger charge is 2.26. The smallest absolute Gasteiger partial charge is 0.270 e. The highest BCUT2D eigenvalue weighted by molar-refractivity contribution is 7.91. The number of rotatable bonds is 6. The van der Waals surface area contributed by atoms with E-state index in [4.69, 9.17) is 4.74 Å². The molecule has 2 aromatic carbocycles. The normalized spacial score (nSPS) is 11.2. The summed E-state index contributed by atoms with van der Waals surface area (Å²) in [5, 5.41) is 2.70. The molecule has 1 aromatic heterocycles. The average molecular weight is 426 g/mol. The molecule has 1 heterocycles. The maximum atomic E-state index is 13.1. The largest absolute Gasteiger partial charge is 0.495 e. The number of aromatic nitrogens is 1. The third-order valence-corrected chi connectivity index (χ3v) is 6.58. The van der Waals surface area contributed by atoms with E-state index in [0.717, 1.165) is 4.57 Å². The number of amides is 1. The Kier molecular flexibility index (Phi) is 6.07. The number of hydrogen-bond acceptors (Lipinski definition) is 5. The molecule has 8 heteroatoms. The van der Waals surface area contributed by atoms with Gasteiger partial charge >= 0.3 is 0 Å². The van der Waals surface area contributed by atoms with Gasteiger partial charge in [-0.25, -0.2) is 8.42 Å². The molecule has 3 aromatic rings. The minimum atomic E-state index is -4.03. The number of pyridine rings is 1. The number of aryl methyl sites for hydroxylation is 2. The first kappa shape index (κ1) is 21.3. The molecule has 0 spiro atoms. The van der Waals surface area contributed by atoms with Gasteiger partial charge in [0.25, 0.3) is 5.56 Å². The third kappa shape index (κ3) is 4.13. The van der Waals surface area contributed by atoms with Crippen LogP contribution in [0.4, 0.5) is 5.69 Å². The highest BCUT2D eigenvalue weighted by atomic mass is 32.2. The minimum absolute atomic E-state index is 0.0269. The fraction of sp³-hybridized carbons (Fsp3) is 0.182. The molecule has 0 unspecified atom stereocenters. The van der Waals surface area contributed by atoms with Crippen molar-refractivity contribution < 1.29 is 17.9 Å². The van der Waals surface area contributed by atoms with Gasteiger partial charge in [-0.3, -0.25) is 9.59 Å². The first-order valence-electron chi connectivity index (χ1n) is 9.19. The lowest BCUT2D eigenvalue weighted by Crippen LogP contribution is -2.33. The number of ether oxygens (including phenoxy) is 1. The molecule has 0 radical (unpaired) electrons. The molecule has 0 bridgehead atoms. The molecule has 0 aliphatic rings. The van der Waals surface area contributed by atoms with Crippen molar-refractivity contribution in [2.24, 2.45) is 0 Å². The topological polar surface area (TPSA) is 94.5 Å². The second kappa shape index (κ2) is 8.54. The Morgan fingerprint density at radius 3 is 2.33 bits per heavy atom. The van der Waals surface area contributed by atoms with Crippen LogP contribution in [0.2, 0.25) is 0 Å². The zero-order chi connectivity index (χ0) is 21.9. The fourth-order valence-corrected chi connectivity index (χ4v) is 4.80. The number of carbonyl (C=O) groups excluding carboxylic acids is 1. The molecule has 156 valence electrons. The van der Waals surface area contributed by atoms with Gasteiger partial charge in [-0.2, -0.15) is 0 Å². The molecule has 0 saturated heterocycles. The van der Waals surface area contributed by atoms with Gasteiger partial charge in [0.05, 0.1) is 17.7 Å². The van der Waals surface area contributed by atoms with Crippen LogP contribution in [0.15, 0.2) is 75.2 Å². The number of hydrogen-bond donors (Lipinski definition) is 1. The standard InChI is InChI=1S/C22H22N2O5S/c1-15-13-16(2)24(14-20(25)23-18-11-7-8-12-19(18)29-3)22(26)21(15)30(27,28)17-9-5-4-6-10-17/h4-13H,14H2,1-3H3,(H,23,25). The summed E-state index contributed by atoms with van der Waals surface area (Å²) >= 11 is 0. The van der Waals surface area contributed by atoms with Gasteiger partial charge < -0.3 is 14.6 Å². The molecule has 0 saturated carbocycles. The van der Waals surface area contributed by atoms with E-state index in [1.807, 2.05) is 0 Å². The van der Waals surface area contributed by atoms with Crippen LogP contribution in [0.1, 0.15) is 11.3 Å². The number of anilines is 1. The van der Waals surface area contributed by atoms with E-state index in [-0.39, 0.29) is 16.3 Å². The number of sulfone groups is 1. The van der Waals surface area contributed by atoms with Crippen molar-refractivity contribution >= 4 is 21.4 Å². The van der Waals surface area contributed by atoms with Gasteiger partial charge in [-0.1, -0.05) is 30.3 Å². The summed E-state index contributed by atoms with van der Waals surface area (Å²) in [5.74, 6) is 0.00258. The number of para-hydroxylation sites is 2. The van der Waals surface area contributed by atoms with Gasteiger partial charge in [0.15, 0.2) is 0 Å². The second-order valence-electron chi connectivity index (χ2n) is 6.75. The molecule has 1 N–H and O–H groups in total. The van der Waals surface area contributed by atoms with Crippen LogP contribution in [-0.4, -0.2) is 26.0 Å². The number of nitrogens with zero attached hydrogens (tertiary/aromatic N) is 1. The first-order valence-corrected chi connectivity index (χ1v) is 10.7. The molecule has 7 nitrogen and oxygen atoms in total. The molecule has 0 atom stereocenters. The lowest BCUT2D eigenvalue weighted by molar-refractivity contribution is -0.116. The van der Waals surface area contributed by atoms with Gasteiger partial charge in [-0.15, -0.1) is 0 Å². The molecule has 0 aliphatic carbocycles. The van der Waals surface area contributed by atoms with Crippen LogP contribution in [-0.2, 0) is 21.2 Å². The Morgan fingerprint density at radius 1 is 1.03 bits per heavy atom. The number of carbonyl (C=O) groups is 1. The van der Waals surface area contributed by atoms with Crippen molar-refractivity contribution in [1.82, 2.24) is 4.57 Å². The maximum absolute atomic E-state index is 13.1. The Bertz CT molecular complexity index is 1250. The van der Waals surface area contributed by atoms with Gasteiger partial charge in [0.1, 0.15) is 17.2 Å². The van der Waals surface area contributed by atoms with E-state index in [9.17, 15) is 18.0 Å². The summed E-state index contributed by atoms with van der Waals surface area (Å²) in [6, 6.07) is 16.2. The van der Waals surface area contributed by atoms with E-state index in [1.165, 1.54) is 19.2 Å². The Labute approximate surface area is 174 Å². The molecule has 0 aliphatic heterocycles. The predicted octanol–water partition coefficient (Wildman–Crippen LogP) is 2.95. The van der Waals surface area contributed by atoms with Crippen molar-refractivity contribution in [3.63, 3.8) is 0 Å². The Balaban J connectivity index is 2.00. The summed E-state index contributed by atoms with van der Waals surface area (Å²) in [7, 11) is -2.54. The summed E-state index contributed by atoms with van der Waals surface area (Å²) in [4.78, 5) is 25.4. The van der Waals surface area contributed by atoms with Crippen molar-refractivity contribution in [3.05, 3.63) is 82.3 Å². The molecular formula is C22H22N2O5S. The third-order valence-electron chi connectivity index (χ3n) is 4.65. The summed E-state index contributed by atoms with van der Waals surface area (Å²) in [6.07, 6.45) is 0. The summed E-state index contributed by atoms with van der Waals surface area (Å²) < 4.78 is 32.5. The average Bonchev–Trinajstić information content (AvgIpc) is 2.72. The number of nitrogens with one attached hydrogen (secondary N) is 1. The fourth-order valence-electron chi connectivity index (χ4n) is 3.23. The lowest BCUT2D eigenvalue weighted by atomic mass is 10.2. The highest BCUT2D eigenvalue weighted by Crippen LogP contribution is 2.24. The van der Waals surface area contributed by atoms with Crippen molar-refractivity contribution in [2.75, 3.05) is 12.4 Å². The zero-order valence-electron chi connectivity index (χ0n) is 16.9. The van der Waals surface area contributed by atoms with Crippen molar-refractivity contribution in [1.29, 1.82) is 0 Å².